The van der Waals surface area contributed by atoms with Crippen LogP contribution in [0.2, 0.25) is 0 Å². The van der Waals surface area contributed by atoms with E-state index >= 15 is 0 Å². The predicted molar refractivity (Wildman–Crippen MR) is 129 cm³/mol. The van der Waals surface area contributed by atoms with Gasteiger partial charge in [0.05, 0.1) is 49.0 Å². The number of carbonyl (C=O) groups is 1. The summed E-state index contributed by atoms with van der Waals surface area (Å²) in [6, 6.07) is 16.3. The Labute approximate surface area is 199 Å². The van der Waals surface area contributed by atoms with E-state index in [0.29, 0.717) is 26.3 Å². The molecule has 0 amide bonds. The zero-order valence-corrected chi connectivity index (χ0v) is 19.5. The molecule has 2 aromatic carbocycles. The minimum Gasteiger partial charge on any atom is -0.497 e. The molecule has 0 spiro atoms. The number of aromatic nitrogens is 1. The molecule has 0 aliphatic carbocycles. The van der Waals surface area contributed by atoms with Gasteiger partial charge in [-0.05, 0) is 41.5 Å². The van der Waals surface area contributed by atoms with E-state index in [1.807, 2.05) is 12.1 Å². The number of methoxy groups -OCH3 is 3. The molecule has 0 saturated heterocycles. The van der Waals surface area contributed by atoms with Crippen LogP contribution in [-0.4, -0.2) is 31.9 Å². The Balaban J connectivity index is 2.03. The van der Waals surface area contributed by atoms with Gasteiger partial charge in [-0.2, -0.15) is 5.26 Å². The summed E-state index contributed by atoms with van der Waals surface area (Å²) in [4.78, 5) is 26.3. The molecule has 34 heavy (non-hydrogen) atoms. The molecule has 1 unspecified atom stereocenters. The van der Waals surface area contributed by atoms with Crippen molar-refractivity contribution in [2.24, 2.45) is 5.73 Å². The van der Waals surface area contributed by atoms with Gasteiger partial charge in [0.1, 0.15) is 22.0 Å². The average Bonchev–Trinajstić information content (AvgIpc) is 3.19. The molecule has 4 rings (SSSR count). The Morgan fingerprint density at radius 3 is 2.18 bits per heavy atom. The molecule has 1 aromatic heterocycles. The third-order valence-electron chi connectivity index (χ3n) is 5.54. The van der Waals surface area contributed by atoms with E-state index in [-0.39, 0.29) is 17.0 Å². The second-order valence-electron chi connectivity index (χ2n) is 7.35. The number of fused-ring (bicyclic) bond motifs is 1. The Morgan fingerprint density at radius 1 is 1.06 bits per heavy atom. The molecule has 172 valence electrons. The Morgan fingerprint density at radius 2 is 1.65 bits per heavy atom. The fourth-order valence-electron chi connectivity index (χ4n) is 3.84. The molecule has 3 aromatic rings. The van der Waals surface area contributed by atoms with E-state index in [4.69, 9.17) is 19.9 Å². The minimum absolute atomic E-state index is 0.0124. The second kappa shape index (κ2) is 9.29. The number of rotatable bonds is 5. The van der Waals surface area contributed by atoms with Gasteiger partial charge in [-0.15, -0.1) is 11.3 Å². The number of nitrogens with two attached hydrogens (primary N) is 1. The number of nitriles is 1. The summed E-state index contributed by atoms with van der Waals surface area (Å²) in [5, 5.41) is 9.96. The predicted octanol–water partition coefficient (Wildman–Crippen LogP) is 1.53. The highest BCUT2D eigenvalue weighted by molar-refractivity contribution is 7.07. The molecular formula is C25H21N3O5S. The summed E-state index contributed by atoms with van der Waals surface area (Å²) in [7, 11) is 4.38. The lowest BCUT2D eigenvalue weighted by molar-refractivity contribution is -0.134. The van der Waals surface area contributed by atoms with Crippen LogP contribution in [0.1, 0.15) is 17.0 Å². The van der Waals surface area contributed by atoms with Crippen molar-refractivity contribution in [1.82, 2.24) is 4.57 Å². The van der Waals surface area contributed by atoms with Crippen molar-refractivity contribution in [3.8, 4) is 17.6 Å². The van der Waals surface area contributed by atoms with Gasteiger partial charge >= 0.3 is 5.97 Å². The van der Waals surface area contributed by atoms with Crippen molar-refractivity contribution in [3.05, 3.63) is 84.8 Å². The summed E-state index contributed by atoms with van der Waals surface area (Å²) >= 11 is 1.12. The van der Waals surface area contributed by atoms with Crippen molar-refractivity contribution in [1.29, 1.82) is 5.26 Å². The third-order valence-corrected chi connectivity index (χ3v) is 6.64. The first-order valence-corrected chi connectivity index (χ1v) is 11.0. The maximum atomic E-state index is 13.3. The number of allylic oxidation sites excluding steroid dienone is 1. The Hall–Kier alpha value is -4.29. The fourth-order valence-corrected chi connectivity index (χ4v) is 5.00. The maximum absolute atomic E-state index is 13.3. The summed E-state index contributed by atoms with van der Waals surface area (Å²) in [5.41, 5.74) is 7.60. The fraction of sp³-hybridized carbons (Fsp3) is 0.160. The Kier molecular flexibility index (Phi) is 6.25. The van der Waals surface area contributed by atoms with E-state index < -0.39 is 17.4 Å². The van der Waals surface area contributed by atoms with Crippen LogP contribution in [0.15, 0.2) is 58.9 Å². The van der Waals surface area contributed by atoms with Gasteiger partial charge in [0, 0.05) is 0 Å². The minimum atomic E-state index is -0.796. The zero-order chi connectivity index (χ0) is 24.4. The quantitative estimate of drug-likeness (QED) is 0.556. The van der Waals surface area contributed by atoms with Gasteiger partial charge in [-0.1, -0.05) is 24.3 Å². The third kappa shape index (κ3) is 3.84. The number of ether oxygens (including phenoxy) is 3. The van der Waals surface area contributed by atoms with Crippen LogP contribution in [0.25, 0.3) is 17.5 Å². The van der Waals surface area contributed by atoms with E-state index in [0.717, 1.165) is 16.9 Å². The standard InChI is InChI=1S/C25H21N3O5S/c1-31-16-8-4-14(5-9-16)12-19-23(29)28-22(27)18(13-26)20(15-6-10-17(32-2)11-7-15)21(24(28)34-19)25(30)33-3/h4-12,20H,27H2,1-3H3/b19-12-. The first-order chi connectivity index (χ1) is 16.4. The number of nitrogens with zero attached hydrogens (tertiary/aromatic N) is 2. The Bertz CT molecular complexity index is 1510. The number of thiazole rings is 1. The van der Waals surface area contributed by atoms with Crippen LogP contribution in [-0.2, 0) is 9.53 Å². The molecule has 0 bridgehead atoms. The van der Waals surface area contributed by atoms with Crippen LogP contribution in [0.5, 0.6) is 11.5 Å². The number of hydrogen-bond donors (Lipinski definition) is 1. The molecular weight excluding hydrogens is 454 g/mol. The van der Waals surface area contributed by atoms with Gasteiger partial charge < -0.3 is 19.9 Å². The van der Waals surface area contributed by atoms with Gasteiger partial charge in [-0.3, -0.25) is 9.36 Å². The SMILES string of the molecule is COC(=O)C1=c2s/c(=C\c3ccc(OC)cc3)c(=O)n2C(N)=C(C#N)C1c1ccc(OC)cc1. The molecule has 0 radical (unpaired) electrons. The molecule has 2 N–H and O–H groups in total. The molecule has 0 fully saturated rings. The molecule has 1 aliphatic rings. The lowest BCUT2D eigenvalue weighted by atomic mass is 9.84. The number of benzene rings is 2. The van der Waals surface area contributed by atoms with Crippen LogP contribution < -0.4 is 30.0 Å². The lowest BCUT2D eigenvalue weighted by Crippen LogP contribution is -2.40. The summed E-state index contributed by atoms with van der Waals surface area (Å²) < 4.78 is 17.4. The first kappa shape index (κ1) is 22.9. The van der Waals surface area contributed by atoms with Gasteiger partial charge in [0.15, 0.2) is 0 Å². The summed E-state index contributed by atoms with van der Waals surface area (Å²) in [5.74, 6) is -0.142. The van der Waals surface area contributed by atoms with E-state index in [2.05, 4.69) is 6.07 Å². The number of esters is 1. The average molecular weight is 476 g/mol. The van der Waals surface area contributed by atoms with Gasteiger partial charge in [0.2, 0.25) is 0 Å². The van der Waals surface area contributed by atoms with Gasteiger partial charge in [0.25, 0.3) is 5.56 Å². The summed E-state index contributed by atoms with van der Waals surface area (Å²) in [6.07, 6.45) is 1.70. The normalized spacial score (nSPS) is 15.5. The van der Waals surface area contributed by atoms with Crippen molar-refractivity contribution < 1.29 is 19.0 Å². The first-order valence-electron chi connectivity index (χ1n) is 10.2. The number of hydrogen-bond acceptors (Lipinski definition) is 8. The van der Waals surface area contributed by atoms with Crippen molar-refractivity contribution in [2.75, 3.05) is 21.3 Å². The van der Waals surface area contributed by atoms with Crippen LogP contribution in [0.4, 0.5) is 0 Å². The topological polar surface area (TPSA) is 117 Å². The van der Waals surface area contributed by atoms with Crippen LogP contribution in [0.3, 0.4) is 0 Å². The summed E-state index contributed by atoms with van der Waals surface area (Å²) in [6.45, 7) is 0. The number of carbonyl (C=O) groups excluding carboxylic acids is 1. The zero-order valence-electron chi connectivity index (χ0n) is 18.7. The highest BCUT2D eigenvalue weighted by Crippen LogP contribution is 2.37. The molecule has 1 atom stereocenters. The molecule has 2 heterocycles. The maximum Gasteiger partial charge on any atom is 0.337 e. The molecule has 8 nitrogen and oxygen atoms in total. The van der Waals surface area contributed by atoms with Crippen molar-refractivity contribution >= 4 is 34.8 Å². The van der Waals surface area contributed by atoms with E-state index in [1.165, 1.54) is 11.7 Å². The van der Waals surface area contributed by atoms with Crippen LogP contribution >= 0.6 is 11.3 Å². The van der Waals surface area contributed by atoms with Gasteiger partial charge in [-0.25, -0.2) is 4.79 Å². The molecule has 9 heteroatoms. The highest BCUT2D eigenvalue weighted by Gasteiger charge is 2.36. The van der Waals surface area contributed by atoms with Crippen molar-refractivity contribution in [3.63, 3.8) is 0 Å². The lowest BCUT2D eigenvalue weighted by Gasteiger charge is -2.24. The van der Waals surface area contributed by atoms with Crippen molar-refractivity contribution in [2.45, 2.75) is 5.92 Å². The van der Waals surface area contributed by atoms with E-state index in [9.17, 15) is 14.9 Å². The second-order valence-corrected chi connectivity index (χ2v) is 8.38. The van der Waals surface area contributed by atoms with E-state index in [1.54, 1.807) is 56.7 Å². The van der Waals surface area contributed by atoms with Crippen LogP contribution in [0, 0.1) is 11.3 Å². The molecule has 0 saturated carbocycles. The largest absolute Gasteiger partial charge is 0.497 e. The molecule has 1 aliphatic heterocycles. The smallest absolute Gasteiger partial charge is 0.337 e. The monoisotopic (exact) mass is 475 g/mol. The highest BCUT2D eigenvalue weighted by atomic mass is 32.1.